The lowest BCUT2D eigenvalue weighted by Gasteiger charge is -2.11. The Morgan fingerprint density at radius 1 is 1.09 bits per heavy atom. The van der Waals surface area contributed by atoms with Gasteiger partial charge in [-0.15, -0.1) is 0 Å². The number of methoxy groups -OCH3 is 2. The molecule has 0 aliphatic heterocycles. The molecule has 2 aromatic carbocycles. The Labute approximate surface area is 148 Å². The number of hydrogen-bond donors (Lipinski definition) is 2. The van der Waals surface area contributed by atoms with Gasteiger partial charge in [0, 0.05) is 16.2 Å². The minimum atomic E-state index is 0.380. The van der Waals surface area contributed by atoms with E-state index in [0.29, 0.717) is 16.6 Å². The number of thiocarbonyl (C=S) groups is 1. The molecule has 2 N–H and O–H groups in total. The lowest BCUT2D eigenvalue weighted by atomic mass is 10.2. The predicted octanol–water partition coefficient (Wildman–Crippen LogP) is 3.79. The second-order valence-corrected chi connectivity index (χ2v) is 5.77. The van der Waals surface area contributed by atoms with Gasteiger partial charge < -0.3 is 14.8 Å². The Kier molecular flexibility index (Phi) is 6.37. The van der Waals surface area contributed by atoms with Crippen LogP contribution in [-0.4, -0.2) is 25.5 Å². The number of nitrogens with one attached hydrogen (secondary N) is 2. The predicted molar refractivity (Wildman–Crippen MR) is 101 cm³/mol. The van der Waals surface area contributed by atoms with Crippen molar-refractivity contribution in [1.82, 2.24) is 5.43 Å². The number of hydrogen-bond acceptors (Lipinski definition) is 4. The van der Waals surface area contributed by atoms with Crippen LogP contribution in [0.1, 0.15) is 5.56 Å². The zero-order valence-corrected chi connectivity index (χ0v) is 15.1. The molecule has 0 fully saturated rings. The summed E-state index contributed by atoms with van der Waals surface area (Å²) in [5.74, 6) is 1.28. The third-order valence-electron chi connectivity index (χ3n) is 2.89. The largest absolute Gasteiger partial charge is 0.493 e. The SMILES string of the molecule is COc1ccc(NC(=S)NN=Cc2ccc(Br)cc2)cc1OC. The monoisotopic (exact) mass is 393 g/mol. The minimum Gasteiger partial charge on any atom is -0.493 e. The van der Waals surface area contributed by atoms with Gasteiger partial charge in [0.15, 0.2) is 16.6 Å². The molecule has 0 radical (unpaired) electrons. The zero-order valence-electron chi connectivity index (χ0n) is 12.7. The van der Waals surface area contributed by atoms with Crippen LogP contribution in [0.25, 0.3) is 0 Å². The standard InChI is InChI=1S/C16H16BrN3O2S/c1-21-14-8-7-13(9-15(14)22-2)19-16(23)20-18-10-11-3-5-12(17)6-4-11/h3-10H,1-2H3,(H2,19,20,23). The molecule has 0 amide bonds. The van der Waals surface area contributed by atoms with E-state index in [4.69, 9.17) is 21.7 Å². The average molecular weight is 394 g/mol. The third kappa shape index (κ3) is 5.22. The van der Waals surface area contributed by atoms with Crippen LogP contribution in [0.4, 0.5) is 5.69 Å². The van der Waals surface area contributed by atoms with Crippen LogP contribution in [0.5, 0.6) is 11.5 Å². The number of nitrogens with zero attached hydrogens (tertiary/aromatic N) is 1. The smallest absolute Gasteiger partial charge is 0.191 e. The lowest BCUT2D eigenvalue weighted by molar-refractivity contribution is 0.355. The second kappa shape index (κ2) is 8.50. The summed E-state index contributed by atoms with van der Waals surface area (Å²) >= 11 is 8.58. The molecular formula is C16H16BrN3O2S. The summed E-state index contributed by atoms with van der Waals surface area (Å²) in [5, 5.41) is 7.50. The highest BCUT2D eigenvalue weighted by Gasteiger charge is 2.05. The van der Waals surface area contributed by atoms with Crippen LogP contribution in [0.2, 0.25) is 0 Å². The van der Waals surface area contributed by atoms with Crippen molar-refractivity contribution >= 4 is 45.2 Å². The Hall–Kier alpha value is -2.12. The van der Waals surface area contributed by atoms with Crippen LogP contribution in [0.15, 0.2) is 52.0 Å². The van der Waals surface area contributed by atoms with Gasteiger partial charge in [0.05, 0.1) is 20.4 Å². The van der Waals surface area contributed by atoms with E-state index >= 15 is 0 Å². The Balaban J connectivity index is 1.93. The Morgan fingerprint density at radius 3 is 2.43 bits per heavy atom. The molecule has 2 rings (SSSR count). The minimum absolute atomic E-state index is 0.380. The summed E-state index contributed by atoms with van der Waals surface area (Å²) in [5.41, 5.74) is 4.51. The molecule has 0 aromatic heterocycles. The first-order chi connectivity index (χ1) is 11.1. The molecule has 0 saturated carbocycles. The third-order valence-corrected chi connectivity index (χ3v) is 3.61. The van der Waals surface area contributed by atoms with E-state index in [1.54, 1.807) is 32.6 Å². The van der Waals surface area contributed by atoms with Gasteiger partial charge in [-0.25, -0.2) is 0 Å². The van der Waals surface area contributed by atoms with Crippen LogP contribution in [0.3, 0.4) is 0 Å². The Bertz CT molecular complexity index is 705. The molecule has 0 heterocycles. The summed E-state index contributed by atoms with van der Waals surface area (Å²) in [7, 11) is 3.18. The van der Waals surface area contributed by atoms with Crippen molar-refractivity contribution in [1.29, 1.82) is 0 Å². The van der Waals surface area contributed by atoms with Gasteiger partial charge in [-0.05, 0) is 42.0 Å². The highest BCUT2D eigenvalue weighted by molar-refractivity contribution is 9.10. The topological polar surface area (TPSA) is 54.9 Å². The molecular weight excluding hydrogens is 378 g/mol. The molecule has 0 spiro atoms. The van der Waals surface area contributed by atoms with Crippen molar-refractivity contribution < 1.29 is 9.47 Å². The van der Waals surface area contributed by atoms with Gasteiger partial charge in [0.1, 0.15) is 0 Å². The van der Waals surface area contributed by atoms with Crippen molar-refractivity contribution in [2.45, 2.75) is 0 Å². The number of benzene rings is 2. The first kappa shape index (κ1) is 17.2. The van der Waals surface area contributed by atoms with Crippen molar-refractivity contribution in [3.63, 3.8) is 0 Å². The van der Waals surface area contributed by atoms with Gasteiger partial charge in [-0.3, -0.25) is 5.43 Å². The molecule has 2 aromatic rings. The first-order valence-corrected chi connectivity index (χ1v) is 7.90. The maximum absolute atomic E-state index is 5.24. The van der Waals surface area contributed by atoms with Crippen LogP contribution < -0.4 is 20.2 Å². The maximum Gasteiger partial charge on any atom is 0.191 e. The van der Waals surface area contributed by atoms with E-state index in [0.717, 1.165) is 15.7 Å². The fourth-order valence-electron chi connectivity index (χ4n) is 1.79. The highest BCUT2D eigenvalue weighted by Crippen LogP contribution is 2.29. The van der Waals surface area contributed by atoms with Gasteiger partial charge >= 0.3 is 0 Å². The van der Waals surface area contributed by atoms with E-state index < -0.39 is 0 Å². The van der Waals surface area contributed by atoms with E-state index in [1.807, 2.05) is 30.3 Å². The molecule has 7 heteroatoms. The fraction of sp³-hybridized carbons (Fsp3) is 0.125. The normalized spacial score (nSPS) is 10.4. The maximum atomic E-state index is 5.24. The number of ether oxygens (including phenoxy) is 2. The van der Waals surface area contributed by atoms with Gasteiger partial charge in [0.2, 0.25) is 0 Å². The van der Waals surface area contributed by atoms with E-state index in [-0.39, 0.29) is 0 Å². The first-order valence-electron chi connectivity index (χ1n) is 6.70. The molecule has 120 valence electrons. The second-order valence-electron chi connectivity index (χ2n) is 4.45. The molecule has 0 unspecified atom stereocenters. The Morgan fingerprint density at radius 2 is 1.78 bits per heavy atom. The van der Waals surface area contributed by atoms with Crippen molar-refractivity contribution in [3.05, 3.63) is 52.5 Å². The molecule has 5 nitrogen and oxygen atoms in total. The average Bonchev–Trinajstić information content (AvgIpc) is 2.56. The van der Waals surface area contributed by atoms with Gasteiger partial charge in [0.25, 0.3) is 0 Å². The van der Waals surface area contributed by atoms with Crippen LogP contribution >= 0.6 is 28.1 Å². The summed E-state index contributed by atoms with van der Waals surface area (Å²) in [6.45, 7) is 0. The number of rotatable bonds is 5. The lowest BCUT2D eigenvalue weighted by Crippen LogP contribution is -2.23. The van der Waals surface area contributed by atoms with E-state index in [1.165, 1.54) is 0 Å². The van der Waals surface area contributed by atoms with E-state index in [2.05, 4.69) is 31.8 Å². The van der Waals surface area contributed by atoms with E-state index in [9.17, 15) is 0 Å². The molecule has 0 bridgehead atoms. The molecule has 0 atom stereocenters. The van der Waals surface area contributed by atoms with Gasteiger partial charge in [-0.1, -0.05) is 28.1 Å². The molecule has 0 saturated heterocycles. The number of hydrazone groups is 1. The van der Waals surface area contributed by atoms with Gasteiger partial charge in [-0.2, -0.15) is 5.10 Å². The quantitative estimate of drug-likeness (QED) is 0.459. The molecule has 0 aliphatic rings. The van der Waals surface area contributed by atoms with Crippen molar-refractivity contribution in [2.75, 3.05) is 19.5 Å². The number of halogens is 1. The highest BCUT2D eigenvalue weighted by atomic mass is 79.9. The molecule has 0 aliphatic carbocycles. The summed E-state index contributed by atoms with van der Waals surface area (Å²) in [4.78, 5) is 0. The zero-order chi connectivity index (χ0) is 16.7. The summed E-state index contributed by atoms with van der Waals surface area (Å²) in [6.07, 6.45) is 1.69. The van der Waals surface area contributed by atoms with Crippen molar-refractivity contribution in [2.24, 2.45) is 5.10 Å². The summed E-state index contributed by atoms with van der Waals surface area (Å²) in [6, 6.07) is 13.2. The van der Waals surface area contributed by atoms with Crippen molar-refractivity contribution in [3.8, 4) is 11.5 Å². The van der Waals surface area contributed by atoms with Crippen LogP contribution in [-0.2, 0) is 0 Å². The summed E-state index contributed by atoms with van der Waals surface area (Å²) < 4.78 is 11.5. The molecule has 23 heavy (non-hydrogen) atoms. The fourth-order valence-corrected chi connectivity index (χ4v) is 2.22. The van der Waals surface area contributed by atoms with Crippen LogP contribution in [0, 0.1) is 0 Å². The number of anilines is 1.